The zero-order chi connectivity index (χ0) is 15.4. The molecule has 3 nitrogen and oxygen atoms in total. The normalized spacial score (nSPS) is 11.8. The lowest BCUT2D eigenvalue weighted by Gasteiger charge is -2.15. The van der Waals surface area contributed by atoms with Gasteiger partial charge < -0.3 is 10.1 Å². The number of ether oxygens (including phenoxy) is 1. The van der Waals surface area contributed by atoms with Gasteiger partial charge in [0.05, 0.1) is 5.69 Å². The Morgan fingerprint density at radius 2 is 1.76 bits per heavy atom. The molecule has 1 atom stereocenters. The van der Waals surface area contributed by atoms with Gasteiger partial charge in [0.15, 0.2) is 6.10 Å². The number of hydrogen-bond acceptors (Lipinski definition) is 2. The van der Waals surface area contributed by atoms with Crippen LogP contribution in [0.4, 0.5) is 10.1 Å². The summed E-state index contributed by atoms with van der Waals surface area (Å²) >= 11 is 6.48. The first-order valence-electron chi connectivity index (χ1n) is 6.14. The van der Waals surface area contributed by atoms with Gasteiger partial charge in [-0.2, -0.15) is 0 Å². The molecule has 0 unspecified atom stereocenters. The first kappa shape index (κ1) is 16.0. The number of carbonyl (C=O) groups is 1. The molecule has 0 heterocycles. The molecule has 0 saturated heterocycles. The molecule has 0 aliphatic carbocycles. The summed E-state index contributed by atoms with van der Waals surface area (Å²) in [5.41, 5.74) is 0.120. The Morgan fingerprint density at radius 1 is 1.14 bits per heavy atom. The Labute approximate surface area is 138 Å². The molecule has 0 radical (unpaired) electrons. The van der Waals surface area contributed by atoms with E-state index in [2.05, 4.69) is 37.2 Å². The second-order valence-corrected chi connectivity index (χ2v) is 6.16. The Hall–Kier alpha value is -1.40. The van der Waals surface area contributed by atoms with E-state index < -0.39 is 17.8 Å². The van der Waals surface area contributed by atoms with Crippen molar-refractivity contribution < 1.29 is 13.9 Å². The molecule has 1 amide bonds. The van der Waals surface area contributed by atoms with E-state index in [0.29, 0.717) is 10.2 Å². The van der Waals surface area contributed by atoms with Crippen LogP contribution in [0.25, 0.3) is 0 Å². The third-order valence-corrected chi connectivity index (χ3v) is 3.71. The van der Waals surface area contributed by atoms with E-state index in [-0.39, 0.29) is 5.69 Å². The van der Waals surface area contributed by atoms with Crippen LogP contribution in [0.1, 0.15) is 6.92 Å². The molecular weight excluding hydrogens is 405 g/mol. The largest absolute Gasteiger partial charge is 0.481 e. The minimum Gasteiger partial charge on any atom is -0.481 e. The molecule has 2 aromatic rings. The number of rotatable bonds is 4. The summed E-state index contributed by atoms with van der Waals surface area (Å²) in [5.74, 6) is -0.357. The van der Waals surface area contributed by atoms with E-state index in [1.807, 2.05) is 12.1 Å². The summed E-state index contributed by atoms with van der Waals surface area (Å²) in [6.07, 6.45) is -0.741. The minimum absolute atomic E-state index is 0.120. The quantitative estimate of drug-likeness (QED) is 0.780. The molecule has 6 heteroatoms. The minimum atomic E-state index is -0.741. The standard InChI is InChI=1S/C15H12Br2FNO2/c1-9(21-12-5-2-10(16)3-6-12)15(20)19-14-7-4-11(17)8-13(14)18/h2-9H,1H3,(H,19,20)/t9-/m1/s1. The molecule has 0 aromatic heterocycles. The highest BCUT2D eigenvalue weighted by Crippen LogP contribution is 2.21. The van der Waals surface area contributed by atoms with E-state index in [9.17, 15) is 9.18 Å². The van der Waals surface area contributed by atoms with Crippen molar-refractivity contribution in [3.8, 4) is 5.75 Å². The van der Waals surface area contributed by atoms with Crippen LogP contribution in [0, 0.1) is 5.82 Å². The Balaban J connectivity index is 2.00. The van der Waals surface area contributed by atoms with E-state index >= 15 is 0 Å². The van der Waals surface area contributed by atoms with Gasteiger partial charge in [0, 0.05) is 8.95 Å². The summed E-state index contributed by atoms with van der Waals surface area (Å²) in [4.78, 5) is 12.0. The molecule has 0 spiro atoms. The van der Waals surface area contributed by atoms with Gasteiger partial charge >= 0.3 is 0 Å². The fraction of sp³-hybridized carbons (Fsp3) is 0.133. The van der Waals surface area contributed by atoms with Crippen molar-refractivity contribution in [3.63, 3.8) is 0 Å². The summed E-state index contributed by atoms with van der Waals surface area (Å²) in [6.45, 7) is 1.61. The SMILES string of the molecule is C[C@@H](Oc1ccc(Br)cc1)C(=O)Nc1ccc(Br)cc1F. The maximum absolute atomic E-state index is 13.7. The predicted molar refractivity (Wildman–Crippen MR) is 87.0 cm³/mol. The second-order valence-electron chi connectivity index (χ2n) is 4.33. The van der Waals surface area contributed by atoms with Crippen molar-refractivity contribution >= 4 is 43.5 Å². The molecule has 0 fully saturated rings. The van der Waals surface area contributed by atoms with Gasteiger partial charge in [-0.25, -0.2) is 4.39 Å². The number of amides is 1. The van der Waals surface area contributed by atoms with Crippen LogP contribution >= 0.6 is 31.9 Å². The molecule has 2 aromatic carbocycles. The van der Waals surface area contributed by atoms with Crippen molar-refractivity contribution in [3.05, 3.63) is 57.2 Å². The smallest absolute Gasteiger partial charge is 0.265 e. The Morgan fingerprint density at radius 3 is 2.38 bits per heavy atom. The molecule has 1 N–H and O–H groups in total. The van der Waals surface area contributed by atoms with Crippen LogP contribution in [-0.4, -0.2) is 12.0 Å². The molecule has 0 saturated carbocycles. The number of nitrogens with one attached hydrogen (secondary N) is 1. The van der Waals surface area contributed by atoms with E-state index in [0.717, 1.165) is 4.47 Å². The zero-order valence-electron chi connectivity index (χ0n) is 11.1. The van der Waals surface area contributed by atoms with Crippen molar-refractivity contribution in [2.24, 2.45) is 0 Å². The van der Waals surface area contributed by atoms with Crippen LogP contribution in [0.5, 0.6) is 5.75 Å². The van der Waals surface area contributed by atoms with Gasteiger partial charge in [-0.1, -0.05) is 31.9 Å². The van der Waals surface area contributed by atoms with Crippen LogP contribution < -0.4 is 10.1 Å². The average molecular weight is 417 g/mol. The maximum atomic E-state index is 13.7. The van der Waals surface area contributed by atoms with Crippen molar-refractivity contribution in [1.82, 2.24) is 0 Å². The first-order chi connectivity index (χ1) is 9.95. The molecule has 0 aliphatic heterocycles. The molecule has 110 valence electrons. The second kappa shape index (κ2) is 7.04. The lowest BCUT2D eigenvalue weighted by molar-refractivity contribution is -0.122. The molecular formula is C15H12Br2FNO2. The number of anilines is 1. The summed E-state index contributed by atoms with van der Waals surface area (Å²) in [5, 5.41) is 2.50. The van der Waals surface area contributed by atoms with Gasteiger partial charge in [-0.05, 0) is 49.4 Å². The monoisotopic (exact) mass is 415 g/mol. The highest BCUT2D eigenvalue weighted by atomic mass is 79.9. The van der Waals surface area contributed by atoms with Gasteiger partial charge in [0.25, 0.3) is 5.91 Å². The number of hydrogen-bond donors (Lipinski definition) is 1. The third-order valence-electron chi connectivity index (χ3n) is 2.68. The molecule has 2 rings (SSSR count). The number of halogens is 3. The molecule has 0 bridgehead atoms. The zero-order valence-corrected chi connectivity index (χ0v) is 14.2. The predicted octanol–water partition coefficient (Wildman–Crippen LogP) is 4.76. The summed E-state index contributed by atoms with van der Waals surface area (Å²) < 4.78 is 20.7. The highest BCUT2D eigenvalue weighted by Gasteiger charge is 2.16. The Bertz CT molecular complexity index is 647. The highest BCUT2D eigenvalue weighted by molar-refractivity contribution is 9.10. The van der Waals surface area contributed by atoms with Gasteiger partial charge in [-0.15, -0.1) is 0 Å². The number of carbonyl (C=O) groups excluding carboxylic acids is 1. The maximum Gasteiger partial charge on any atom is 0.265 e. The topological polar surface area (TPSA) is 38.3 Å². The lowest BCUT2D eigenvalue weighted by atomic mass is 10.3. The van der Waals surface area contributed by atoms with Gasteiger partial charge in [0.1, 0.15) is 11.6 Å². The van der Waals surface area contributed by atoms with E-state index in [4.69, 9.17) is 4.74 Å². The number of benzene rings is 2. The lowest BCUT2D eigenvalue weighted by Crippen LogP contribution is -2.30. The average Bonchev–Trinajstić information content (AvgIpc) is 2.44. The Kier molecular flexibility index (Phi) is 5.36. The van der Waals surface area contributed by atoms with E-state index in [1.54, 1.807) is 25.1 Å². The van der Waals surface area contributed by atoms with Crippen molar-refractivity contribution in [2.45, 2.75) is 13.0 Å². The van der Waals surface area contributed by atoms with Crippen LogP contribution in [0.15, 0.2) is 51.4 Å². The first-order valence-corrected chi connectivity index (χ1v) is 7.72. The van der Waals surface area contributed by atoms with Crippen LogP contribution in [0.3, 0.4) is 0 Å². The third kappa shape index (κ3) is 4.54. The fourth-order valence-corrected chi connectivity index (χ4v) is 2.19. The summed E-state index contributed by atoms with van der Waals surface area (Å²) in [6, 6.07) is 11.5. The van der Waals surface area contributed by atoms with Crippen LogP contribution in [0.2, 0.25) is 0 Å². The van der Waals surface area contributed by atoms with Crippen molar-refractivity contribution in [2.75, 3.05) is 5.32 Å². The fourth-order valence-electron chi connectivity index (χ4n) is 1.60. The summed E-state index contributed by atoms with van der Waals surface area (Å²) in [7, 11) is 0. The van der Waals surface area contributed by atoms with E-state index in [1.165, 1.54) is 12.1 Å². The van der Waals surface area contributed by atoms with Crippen LogP contribution in [-0.2, 0) is 4.79 Å². The van der Waals surface area contributed by atoms with Gasteiger partial charge in [-0.3, -0.25) is 4.79 Å². The van der Waals surface area contributed by atoms with Crippen molar-refractivity contribution in [1.29, 1.82) is 0 Å². The molecule has 0 aliphatic rings. The van der Waals surface area contributed by atoms with Gasteiger partial charge in [0.2, 0.25) is 0 Å². The molecule has 21 heavy (non-hydrogen) atoms.